The minimum absolute atomic E-state index is 0.296. The second-order valence-electron chi connectivity index (χ2n) is 4.26. The van der Waals surface area contributed by atoms with Crippen molar-refractivity contribution in [2.24, 2.45) is 0 Å². The summed E-state index contributed by atoms with van der Waals surface area (Å²) in [5.41, 5.74) is 2.11. The molecule has 1 aromatic carbocycles. The molecule has 0 spiro atoms. The van der Waals surface area contributed by atoms with Gasteiger partial charge in [0.2, 0.25) is 0 Å². The highest BCUT2D eigenvalue weighted by atomic mass is 32.2. The molecule has 0 radical (unpaired) electrons. The van der Waals surface area contributed by atoms with Gasteiger partial charge in [0.15, 0.2) is 0 Å². The zero-order valence-corrected chi connectivity index (χ0v) is 12.1. The summed E-state index contributed by atoms with van der Waals surface area (Å²) < 4.78 is 5.21. The number of thioether (sulfide) groups is 1. The molecule has 0 atom stereocenters. The number of pyridine rings is 1. The Morgan fingerprint density at radius 1 is 1.35 bits per heavy atom. The quantitative estimate of drug-likeness (QED) is 0.855. The highest BCUT2D eigenvalue weighted by Gasteiger charge is 2.05. The fourth-order valence-electron chi connectivity index (χ4n) is 1.77. The molecular weight excluding hydrogens is 274 g/mol. The minimum atomic E-state index is -0.914. The van der Waals surface area contributed by atoms with Crippen LogP contribution in [-0.2, 0) is 5.75 Å². The molecule has 0 saturated heterocycles. The SMILES string of the molecule is COc1cc(C)nc(CSc2cccc(C(=O)O)c2)c1. The molecule has 0 bridgehead atoms. The smallest absolute Gasteiger partial charge is 0.335 e. The molecule has 0 aliphatic heterocycles. The van der Waals surface area contributed by atoms with Gasteiger partial charge in [0.05, 0.1) is 18.4 Å². The normalized spacial score (nSPS) is 10.3. The lowest BCUT2D eigenvalue weighted by Gasteiger charge is -2.06. The van der Waals surface area contributed by atoms with Gasteiger partial charge in [0, 0.05) is 28.5 Å². The average Bonchev–Trinajstić information content (AvgIpc) is 2.44. The van der Waals surface area contributed by atoms with Crippen molar-refractivity contribution in [3.63, 3.8) is 0 Å². The Hall–Kier alpha value is -2.01. The molecule has 5 heteroatoms. The fraction of sp³-hybridized carbons (Fsp3) is 0.200. The summed E-state index contributed by atoms with van der Waals surface area (Å²) in [6.07, 6.45) is 0. The van der Waals surface area contributed by atoms with Gasteiger partial charge in [0.25, 0.3) is 0 Å². The zero-order chi connectivity index (χ0) is 14.5. The summed E-state index contributed by atoms with van der Waals surface area (Å²) in [6.45, 7) is 1.92. The number of carboxylic acid groups (broad SMARTS) is 1. The number of carbonyl (C=O) groups is 1. The van der Waals surface area contributed by atoms with Crippen molar-refractivity contribution < 1.29 is 14.6 Å². The van der Waals surface area contributed by atoms with Crippen LogP contribution in [0.1, 0.15) is 21.7 Å². The molecule has 1 heterocycles. The van der Waals surface area contributed by atoms with Crippen molar-refractivity contribution in [3.8, 4) is 5.75 Å². The second-order valence-corrected chi connectivity index (χ2v) is 5.31. The number of methoxy groups -OCH3 is 1. The first kappa shape index (κ1) is 14.4. The van der Waals surface area contributed by atoms with Crippen LogP contribution in [0, 0.1) is 6.92 Å². The third kappa shape index (κ3) is 3.74. The number of hydrogen-bond acceptors (Lipinski definition) is 4. The van der Waals surface area contributed by atoms with E-state index < -0.39 is 5.97 Å². The zero-order valence-electron chi connectivity index (χ0n) is 11.3. The van der Waals surface area contributed by atoms with Crippen molar-refractivity contribution >= 4 is 17.7 Å². The fourth-order valence-corrected chi connectivity index (χ4v) is 2.62. The van der Waals surface area contributed by atoms with Crippen LogP contribution in [0.5, 0.6) is 5.75 Å². The molecule has 0 fully saturated rings. The molecule has 0 amide bonds. The van der Waals surface area contributed by atoms with Crippen LogP contribution in [0.25, 0.3) is 0 Å². The topological polar surface area (TPSA) is 59.4 Å². The van der Waals surface area contributed by atoms with Gasteiger partial charge in [0.1, 0.15) is 5.75 Å². The van der Waals surface area contributed by atoms with Crippen LogP contribution in [-0.4, -0.2) is 23.2 Å². The van der Waals surface area contributed by atoms with E-state index >= 15 is 0 Å². The molecule has 1 N–H and O–H groups in total. The number of benzene rings is 1. The van der Waals surface area contributed by atoms with Gasteiger partial charge in [-0.25, -0.2) is 4.79 Å². The highest BCUT2D eigenvalue weighted by Crippen LogP contribution is 2.24. The van der Waals surface area contributed by atoms with E-state index in [2.05, 4.69) is 4.98 Å². The van der Waals surface area contributed by atoms with Crippen molar-refractivity contribution in [2.45, 2.75) is 17.6 Å². The van der Waals surface area contributed by atoms with Crippen molar-refractivity contribution in [2.75, 3.05) is 7.11 Å². The third-order valence-electron chi connectivity index (χ3n) is 2.68. The van der Waals surface area contributed by atoms with E-state index in [9.17, 15) is 4.79 Å². The van der Waals surface area contributed by atoms with E-state index in [1.165, 1.54) is 0 Å². The largest absolute Gasteiger partial charge is 0.497 e. The van der Waals surface area contributed by atoms with Gasteiger partial charge >= 0.3 is 5.97 Å². The maximum absolute atomic E-state index is 10.9. The van der Waals surface area contributed by atoms with Crippen molar-refractivity contribution in [3.05, 3.63) is 53.3 Å². The average molecular weight is 289 g/mol. The van der Waals surface area contributed by atoms with Crippen molar-refractivity contribution in [1.29, 1.82) is 0 Å². The molecule has 20 heavy (non-hydrogen) atoms. The summed E-state index contributed by atoms with van der Waals surface area (Å²) >= 11 is 1.55. The van der Waals surface area contributed by atoms with Crippen LogP contribution in [0.4, 0.5) is 0 Å². The Balaban J connectivity index is 2.10. The summed E-state index contributed by atoms with van der Waals surface area (Å²) in [7, 11) is 1.63. The second kappa shape index (κ2) is 6.43. The van der Waals surface area contributed by atoms with Gasteiger partial charge in [-0.15, -0.1) is 11.8 Å². The molecular formula is C15H15NO3S. The number of carboxylic acids is 1. The number of ether oxygens (including phenoxy) is 1. The lowest BCUT2D eigenvalue weighted by molar-refractivity contribution is 0.0696. The van der Waals surface area contributed by atoms with E-state index in [0.29, 0.717) is 11.3 Å². The molecule has 104 valence electrons. The predicted octanol–water partition coefficient (Wildman–Crippen LogP) is 3.39. The molecule has 0 aliphatic rings. The molecule has 0 unspecified atom stereocenters. The summed E-state index contributed by atoms with van der Waals surface area (Å²) in [6, 6.07) is 10.7. The molecule has 0 aliphatic carbocycles. The van der Waals surface area contributed by atoms with E-state index in [1.54, 1.807) is 37.1 Å². The lowest BCUT2D eigenvalue weighted by atomic mass is 10.2. The molecule has 2 aromatic rings. The van der Waals surface area contributed by atoms with Crippen LogP contribution >= 0.6 is 11.8 Å². The number of nitrogens with zero attached hydrogens (tertiary/aromatic N) is 1. The molecule has 1 aromatic heterocycles. The first-order chi connectivity index (χ1) is 9.58. The Bertz CT molecular complexity index is 628. The van der Waals surface area contributed by atoms with Gasteiger partial charge in [-0.05, 0) is 25.1 Å². The van der Waals surface area contributed by atoms with E-state index in [1.807, 2.05) is 25.1 Å². The molecule has 0 saturated carbocycles. The Kier molecular flexibility index (Phi) is 4.63. The standard InChI is InChI=1S/C15H15NO3S/c1-10-6-13(19-2)8-12(16-10)9-20-14-5-3-4-11(7-14)15(17)18/h3-8H,9H2,1-2H3,(H,17,18). The number of aryl methyl sites for hydroxylation is 1. The maximum atomic E-state index is 10.9. The minimum Gasteiger partial charge on any atom is -0.497 e. The van der Waals surface area contributed by atoms with E-state index in [0.717, 1.165) is 22.0 Å². The maximum Gasteiger partial charge on any atom is 0.335 e. The van der Waals surface area contributed by atoms with E-state index in [4.69, 9.17) is 9.84 Å². The van der Waals surface area contributed by atoms with E-state index in [-0.39, 0.29) is 0 Å². The third-order valence-corrected chi connectivity index (χ3v) is 3.71. The Labute approximate surface area is 121 Å². The first-order valence-electron chi connectivity index (χ1n) is 6.06. The summed E-state index contributed by atoms with van der Waals surface area (Å²) in [5, 5.41) is 8.96. The van der Waals surface area contributed by atoms with Crippen LogP contribution < -0.4 is 4.74 Å². The van der Waals surface area contributed by atoms with Gasteiger partial charge in [-0.1, -0.05) is 6.07 Å². The van der Waals surface area contributed by atoms with Gasteiger partial charge in [-0.3, -0.25) is 4.98 Å². The Morgan fingerprint density at radius 3 is 2.85 bits per heavy atom. The van der Waals surface area contributed by atoms with Gasteiger partial charge < -0.3 is 9.84 Å². The highest BCUT2D eigenvalue weighted by molar-refractivity contribution is 7.98. The van der Waals surface area contributed by atoms with Crippen LogP contribution in [0.2, 0.25) is 0 Å². The first-order valence-corrected chi connectivity index (χ1v) is 7.05. The predicted molar refractivity (Wildman–Crippen MR) is 78.5 cm³/mol. The number of hydrogen-bond donors (Lipinski definition) is 1. The summed E-state index contributed by atoms with van der Waals surface area (Å²) in [5.74, 6) is 0.538. The number of aromatic carboxylic acids is 1. The molecule has 4 nitrogen and oxygen atoms in total. The van der Waals surface area contributed by atoms with Gasteiger partial charge in [-0.2, -0.15) is 0 Å². The number of aromatic nitrogens is 1. The Morgan fingerprint density at radius 2 is 2.15 bits per heavy atom. The number of rotatable bonds is 5. The molecule has 2 rings (SSSR count). The van der Waals surface area contributed by atoms with Crippen LogP contribution in [0.3, 0.4) is 0 Å². The monoisotopic (exact) mass is 289 g/mol. The summed E-state index contributed by atoms with van der Waals surface area (Å²) in [4.78, 5) is 16.3. The van der Waals surface area contributed by atoms with Crippen LogP contribution in [0.15, 0.2) is 41.3 Å². The lowest BCUT2D eigenvalue weighted by Crippen LogP contribution is -1.96. The van der Waals surface area contributed by atoms with Crippen molar-refractivity contribution in [1.82, 2.24) is 4.98 Å².